The lowest BCUT2D eigenvalue weighted by Gasteiger charge is -2.23. The van der Waals surface area contributed by atoms with Crippen LogP contribution in [-0.2, 0) is 24.8 Å². The molecular weight excluding hydrogens is 849 g/mol. The number of nitrogens with zero attached hydrogens (tertiary/aromatic N) is 2. The van der Waals surface area contributed by atoms with Crippen LogP contribution < -0.4 is 29.6 Å². The van der Waals surface area contributed by atoms with Gasteiger partial charge in [0.2, 0.25) is 5.91 Å². The first-order chi connectivity index (χ1) is 30.2. The highest BCUT2D eigenvalue weighted by atomic mass is 32.2. The van der Waals surface area contributed by atoms with Gasteiger partial charge in [0.15, 0.2) is 0 Å². The molecule has 2 unspecified atom stereocenters. The number of carbonyl (C=O) groups excluding carboxylic acids is 4. The van der Waals surface area contributed by atoms with Crippen LogP contribution in [0.2, 0.25) is 0 Å². The Hall–Kier alpha value is -5.04. The van der Waals surface area contributed by atoms with E-state index < -0.39 is 43.7 Å². The van der Waals surface area contributed by atoms with E-state index in [1.807, 2.05) is 4.72 Å². The predicted molar refractivity (Wildman–Crippen MR) is 239 cm³/mol. The molecule has 3 aliphatic rings. The Balaban J connectivity index is 0.000000238. The van der Waals surface area contributed by atoms with Crippen LogP contribution in [0.1, 0.15) is 109 Å². The quantitative estimate of drug-likeness (QED) is 0.145. The summed E-state index contributed by atoms with van der Waals surface area (Å²) in [6.45, 7) is 9.02. The molecule has 0 radical (unpaired) electrons. The number of hydrogen-bond donors (Lipinski definition) is 4. The first-order valence-electron chi connectivity index (χ1n) is 21.8. The zero-order valence-corrected chi connectivity index (χ0v) is 38.3. The summed E-state index contributed by atoms with van der Waals surface area (Å²) >= 11 is 0. The predicted octanol–water partition coefficient (Wildman–Crippen LogP) is 4.71. The summed E-state index contributed by atoms with van der Waals surface area (Å²) in [6.07, 6.45) is 9.67. The van der Waals surface area contributed by atoms with Gasteiger partial charge in [-0.05, 0) is 119 Å². The minimum atomic E-state index is -4.18. The number of carbonyl (C=O) groups is 4. The van der Waals surface area contributed by atoms with Gasteiger partial charge in [-0.25, -0.2) is 26.3 Å². The minimum absolute atomic E-state index is 0.0959. The van der Waals surface area contributed by atoms with Crippen LogP contribution in [0.5, 0.6) is 11.5 Å². The number of ether oxygens (including phenoxy) is 2. The highest BCUT2D eigenvalue weighted by Gasteiger charge is 2.28. The molecule has 0 bridgehead atoms. The largest absolute Gasteiger partial charge is 0.496 e. The van der Waals surface area contributed by atoms with Crippen molar-refractivity contribution in [2.24, 2.45) is 5.92 Å². The topological polar surface area (TPSA) is 210 Å². The third-order valence-corrected chi connectivity index (χ3v) is 14.7. The van der Waals surface area contributed by atoms with Crippen molar-refractivity contribution in [3.63, 3.8) is 0 Å². The molecule has 4 amide bonds. The number of sulfonamides is 2. The molecule has 2 heterocycles. The van der Waals surface area contributed by atoms with Crippen molar-refractivity contribution in [3.8, 4) is 11.5 Å². The maximum Gasteiger partial charge on any atom is 0.264 e. The molecule has 2 atom stereocenters. The van der Waals surface area contributed by atoms with Gasteiger partial charge in [0.05, 0.1) is 35.1 Å². The number of likely N-dealkylation sites (tertiary alicyclic amines) is 2. The van der Waals surface area contributed by atoms with Crippen LogP contribution in [-0.4, -0.2) is 116 Å². The summed E-state index contributed by atoms with van der Waals surface area (Å²) in [5, 5.41) is 5.79. The van der Waals surface area contributed by atoms with Gasteiger partial charge in [0, 0.05) is 37.2 Å². The molecule has 3 aromatic rings. The van der Waals surface area contributed by atoms with Crippen molar-refractivity contribution < 1.29 is 45.5 Å². The van der Waals surface area contributed by atoms with Gasteiger partial charge in [-0.3, -0.25) is 29.0 Å². The molecule has 0 aromatic heterocycles. The molecule has 63 heavy (non-hydrogen) atoms. The molecule has 2 saturated heterocycles. The van der Waals surface area contributed by atoms with E-state index in [2.05, 4.69) is 39.0 Å². The Morgan fingerprint density at radius 1 is 0.603 bits per heavy atom. The summed E-state index contributed by atoms with van der Waals surface area (Å²) in [7, 11) is -5.41. The van der Waals surface area contributed by atoms with Gasteiger partial charge < -0.3 is 20.1 Å². The lowest BCUT2D eigenvalue weighted by Crippen LogP contribution is -2.40. The maximum absolute atomic E-state index is 12.8. The molecule has 4 N–H and O–H groups in total. The Morgan fingerprint density at radius 3 is 1.54 bits per heavy atom. The molecule has 3 aromatic carbocycles. The van der Waals surface area contributed by atoms with E-state index >= 15 is 0 Å². The molecule has 1 aliphatic carbocycles. The SMILES string of the molecule is CCN1CCCC1CNC(=O)c1cc(S(=O)(=O)NC(=O)CC2CCCCC2)ccc1OC.CCN1CCCC1CNC(=O)c1cc(S(=O)(=O)NC(=O)c2ccccc2)ccc1OC. The van der Waals surface area contributed by atoms with Crippen LogP contribution in [0.3, 0.4) is 0 Å². The number of likely N-dealkylation sites (N-methyl/N-ethyl adjacent to an activating group) is 2. The zero-order valence-electron chi connectivity index (χ0n) is 36.7. The van der Waals surface area contributed by atoms with E-state index in [-0.39, 0.29) is 62.4 Å². The minimum Gasteiger partial charge on any atom is -0.496 e. The fourth-order valence-corrected chi connectivity index (χ4v) is 10.5. The Bertz CT molecular complexity index is 2270. The number of benzene rings is 3. The van der Waals surface area contributed by atoms with Crippen molar-refractivity contribution in [1.29, 1.82) is 0 Å². The number of nitrogens with one attached hydrogen (secondary N) is 4. The van der Waals surface area contributed by atoms with Crippen molar-refractivity contribution in [2.75, 3.05) is 53.5 Å². The van der Waals surface area contributed by atoms with E-state index in [9.17, 15) is 36.0 Å². The van der Waals surface area contributed by atoms with Crippen LogP contribution in [0.15, 0.2) is 76.5 Å². The summed E-state index contributed by atoms with van der Waals surface area (Å²) in [4.78, 5) is 54.6. The second-order valence-corrected chi connectivity index (χ2v) is 19.4. The van der Waals surface area contributed by atoms with Gasteiger partial charge in [-0.2, -0.15) is 0 Å². The average molecular weight is 911 g/mol. The molecular formula is C45H62N6O10S2. The maximum atomic E-state index is 12.8. The number of methoxy groups -OCH3 is 2. The Kier molecular flexibility index (Phi) is 17.9. The highest BCUT2D eigenvalue weighted by molar-refractivity contribution is 7.90. The van der Waals surface area contributed by atoms with Crippen molar-refractivity contribution in [2.45, 2.75) is 99.9 Å². The fourth-order valence-electron chi connectivity index (χ4n) is 8.49. The van der Waals surface area contributed by atoms with E-state index in [1.54, 1.807) is 18.2 Å². The smallest absolute Gasteiger partial charge is 0.264 e. The molecule has 1 saturated carbocycles. The van der Waals surface area contributed by atoms with Crippen molar-refractivity contribution in [3.05, 3.63) is 83.4 Å². The number of hydrogen-bond acceptors (Lipinski definition) is 12. The standard InChI is InChI=1S/C23H35N3O5S.C22H27N3O5S/c1-3-26-13-7-10-18(26)16-24-23(28)20-15-19(11-12-21(20)31-2)32(29,30)25-22(27)14-17-8-5-4-6-9-17;1-3-25-13-7-10-17(25)15-23-22(27)19-14-18(11-12-20(19)30-2)31(28,29)24-21(26)16-8-5-4-6-9-16/h11-12,15,17-18H,3-10,13-14,16H2,1-2H3,(H,24,28)(H,25,27);4-6,8-9,11-12,14,17H,3,7,10,13,15H2,1-2H3,(H,23,27)(H,24,26). The van der Waals surface area contributed by atoms with Crippen LogP contribution in [0.25, 0.3) is 0 Å². The number of amides is 4. The summed E-state index contributed by atoms with van der Waals surface area (Å²) in [6, 6.07) is 16.6. The van der Waals surface area contributed by atoms with Gasteiger partial charge >= 0.3 is 0 Å². The lowest BCUT2D eigenvalue weighted by atomic mass is 9.87. The summed E-state index contributed by atoms with van der Waals surface area (Å²) in [5.41, 5.74) is 0.448. The molecule has 6 rings (SSSR count). The average Bonchev–Trinajstić information content (AvgIpc) is 3.96. The van der Waals surface area contributed by atoms with Gasteiger partial charge in [0.1, 0.15) is 11.5 Å². The Morgan fingerprint density at radius 2 is 1.08 bits per heavy atom. The van der Waals surface area contributed by atoms with Gasteiger partial charge in [-0.1, -0.05) is 51.3 Å². The van der Waals surface area contributed by atoms with E-state index in [1.165, 1.54) is 69.2 Å². The molecule has 16 nitrogen and oxygen atoms in total. The number of rotatable bonds is 17. The van der Waals surface area contributed by atoms with Gasteiger partial charge in [0.25, 0.3) is 37.8 Å². The third kappa shape index (κ3) is 13.5. The monoisotopic (exact) mass is 910 g/mol. The molecule has 3 fully saturated rings. The molecule has 18 heteroatoms. The first-order valence-corrected chi connectivity index (χ1v) is 24.7. The van der Waals surface area contributed by atoms with Crippen LogP contribution in [0.4, 0.5) is 0 Å². The van der Waals surface area contributed by atoms with Crippen LogP contribution >= 0.6 is 0 Å². The van der Waals surface area contributed by atoms with Crippen LogP contribution in [0, 0.1) is 5.92 Å². The highest BCUT2D eigenvalue weighted by Crippen LogP contribution is 2.28. The fraction of sp³-hybridized carbons (Fsp3) is 0.511. The second-order valence-electron chi connectivity index (χ2n) is 16.0. The molecule has 0 spiro atoms. The van der Waals surface area contributed by atoms with E-state index in [0.29, 0.717) is 13.1 Å². The normalized spacial score (nSPS) is 18.4. The zero-order chi connectivity index (χ0) is 45.6. The summed E-state index contributed by atoms with van der Waals surface area (Å²) < 4.78 is 65.8. The first kappa shape index (κ1) is 49.0. The Labute approximate surface area is 372 Å². The second kappa shape index (κ2) is 23.1. The lowest BCUT2D eigenvalue weighted by molar-refractivity contribution is -0.120. The third-order valence-electron chi connectivity index (χ3n) is 12.0. The van der Waals surface area contributed by atoms with E-state index in [4.69, 9.17) is 9.47 Å². The van der Waals surface area contributed by atoms with Gasteiger partial charge in [-0.15, -0.1) is 0 Å². The van der Waals surface area contributed by atoms with Crippen molar-refractivity contribution in [1.82, 2.24) is 29.9 Å². The molecule has 344 valence electrons. The van der Waals surface area contributed by atoms with E-state index in [0.717, 1.165) is 77.5 Å². The summed E-state index contributed by atoms with van der Waals surface area (Å²) in [5.74, 6) is -1.29. The van der Waals surface area contributed by atoms with Crippen molar-refractivity contribution >= 4 is 43.7 Å². The molecule has 2 aliphatic heterocycles.